The molecule has 0 aromatic carbocycles. The van der Waals surface area contributed by atoms with Crippen molar-refractivity contribution >= 4 is 11.9 Å². The van der Waals surface area contributed by atoms with E-state index in [9.17, 15) is 9.59 Å². The van der Waals surface area contributed by atoms with Gasteiger partial charge < -0.3 is 9.47 Å². The molecule has 4 heteroatoms. The Labute approximate surface area is 352 Å². The topological polar surface area (TPSA) is 52.6 Å². The number of esters is 2. The van der Waals surface area contributed by atoms with E-state index in [0.29, 0.717) is 12.8 Å². The molecule has 334 valence electrons. The number of hydrogen-bond donors (Lipinski definition) is 0. The van der Waals surface area contributed by atoms with Crippen molar-refractivity contribution in [1.29, 1.82) is 0 Å². The van der Waals surface area contributed by atoms with E-state index in [1.165, 1.54) is 193 Å². The number of rotatable bonds is 45. The largest absolute Gasteiger partial charge is 0.462 e. The smallest absolute Gasteiger partial charge is 0.306 e. The van der Waals surface area contributed by atoms with Crippen LogP contribution in [0.3, 0.4) is 0 Å². The fraction of sp³-hybridized carbons (Fsp3) is 0.962. The third kappa shape index (κ3) is 38.5. The van der Waals surface area contributed by atoms with Crippen molar-refractivity contribution in [2.45, 2.75) is 311 Å². The van der Waals surface area contributed by atoms with E-state index in [1.807, 2.05) is 0 Å². The lowest BCUT2D eigenvalue weighted by molar-refractivity contribution is -0.151. The Hall–Kier alpha value is -1.06. The summed E-state index contributed by atoms with van der Waals surface area (Å²) in [6, 6.07) is 0. The molecule has 0 aromatic heterocycles. The molecule has 0 spiro atoms. The maximum absolute atomic E-state index is 12.7. The molecule has 0 saturated carbocycles. The average Bonchev–Trinajstić information content (AvgIpc) is 3.18. The first-order valence-electron chi connectivity index (χ1n) is 25.8. The maximum atomic E-state index is 12.7. The molecule has 0 aromatic rings. The lowest BCUT2D eigenvalue weighted by Crippen LogP contribution is -2.18. The van der Waals surface area contributed by atoms with Gasteiger partial charge in [-0.3, -0.25) is 9.59 Å². The molecule has 0 aliphatic rings. The summed E-state index contributed by atoms with van der Waals surface area (Å²) in [6.45, 7) is 13.9. The van der Waals surface area contributed by atoms with Crippen LogP contribution in [0.25, 0.3) is 0 Å². The van der Waals surface area contributed by atoms with Gasteiger partial charge in [0.05, 0.1) is 0 Å². The first-order chi connectivity index (χ1) is 27.4. The van der Waals surface area contributed by atoms with Gasteiger partial charge in [0, 0.05) is 12.8 Å². The van der Waals surface area contributed by atoms with Crippen LogP contribution in [0, 0.1) is 11.8 Å². The lowest BCUT2D eigenvalue weighted by atomic mass is 9.85. The molecular weight excluding hydrogens is 689 g/mol. The zero-order valence-corrected chi connectivity index (χ0v) is 39.2. The molecule has 1 unspecified atom stereocenters. The van der Waals surface area contributed by atoms with Gasteiger partial charge in [-0.05, 0) is 76.0 Å². The van der Waals surface area contributed by atoms with Crippen molar-refractivity contribution in [2.24, 2.45) is 11.8 Å². The van der Waals surface area contributed by atoms with Crippen molar-refractivity contribution in [3.63, 3.8) is 0 Å². The second-order valence-electron chi connectivity index (χ2n) is 18.4. The Morgan fingerprint density at radius 1 is 0.321 bits per heavy atom. The van der Waals surface area contributed by atoms with Crippen LogP contribution in [-0.4, -0.2) is 24.1 Å². The van der Waals surface area contributed by atoms with Crippen molar-refractivity contribution < 1.29 is 19.1 Å². The third-order valence-corrected chi connectivity index (χ3v) is 12.5. The number of hydrogen-bond acceptors (Lipinski definition) is 4. The molecular formula is C52H102O4. The van der Waals surface area contributed by atoms with E-state index in [0.717, 1.165) is 63.2 Å². The van der Waals surface area contributed by atoms with Gasteiger partial charge in [0.1, 0.15) is 12.2 Å². The van der Waals surface area contributed by atoms with E-state index in [2.05, 4.69) is 41.5 Å². The average molecular weight is 791 g/mol. The number of carbonyl (C=O) groups excluding carboxylic acids is 2. The summed E-state index contributed by atoms with van der Waals surface area (Å²) in [5.74, 6) is 1.70. The van der Waals surface area contributed by atoms with Crippen molar-refractivity contribution in [1.82, 2.24) is 0 Å². The minimum absolute atomic E-state index is 0.0485. The molecule has 0 radical (unpaired) electrons. The predicted molar refractivity (Wildman–Crippen MR) is 245 cm³/mol. The van der Waals surface area contributed by atoms with Gasteiger partial charge in [0.2, 0.25) is 0 Å². The Morgan fingerprint density at radius 2 is 0.554 bits per heavy atom. The summed E-state index contributed by atoms with van der Waals surface area (Å²) in [4.78, 5) is 25.4. The molecule has 56 heavy (non-hydrogen) atoms. The second-order valence-corrected chi connectivity index (χ2v) is 18.4. The van der Waals surface area contributed by atoms with Crippen LogP contribution in [0.2, 0.25) is 0 Å². The molecule has 0 saturated heterocycles. The van der Waals surface area contributed by atoms with Gasteiger partial charge in [-0.15, -0.1) is 0 Å². The SMILES string of the molecule is CCCCCCCC(CCCCCCC)OC(=O)CCCCCCCCCC(CCCCCCCC(=O)OC(CCCCCCC)CCCCCCC)C(C)C. The summed E-state index contributed by atoms with van der Waals surface area (Å²) >= 11 is 0. The van der Waals surface area contributed by atoms with Gasteiger partial charge in [0.25, 0.3) is 0 Å². The van der Waals surface area contributed by atoms with E-state index in [-0.39, 0.29) is 24.1 Å². The fourth-order valence-corrected chi connectivity index (χ4v) is 8.49. The molecule has 4 nitrogen and oxygen atoms in total. The first-order valence-corrected chi connectivity index (χ1v) is 25.8. The first kappa shape index (κ1) is 54.9. The lowest BCUT2D eigenvalue weighted by Gasteiger charge is -2.21. The highest BCUT2D eigenvalue weighted by molar-refractivity contribution is 5.69. The predicted octanol–water partition coefficient (Wildman–Crippen LogP) is 17.8. The van der Waals surface area contributed by atoms with Gasteiger partial charge in [-0.1, -0.05) is 221 Å². The Bertz CT molecular complexity index is 781. The van der Waals surface area contributed by atoms with E-state index < -0.39 is 0 Å². The summed E-state index contributed by atoms with van der Waals surface area (Å²) in [5.41, 5.74) is 0. The van der Waals surface area contributed by atoms with Crippen LogP contribution in [0.1, 0.15) is 298 Å². The molecule has 0 aliphatic heterocycles. The highest BCUT2D eigenvalue weighted by Gasteiger charge is 2.16. The monoisotopic (exact) mass is 791 g/mol. The van der Waals surface area contributed by atoms with Gasteiger partial charge >= 0.3 is 11.9 Å². The Kier molecular flexibility index (Phi) is 42.7. The molecule has 1 atom stereocenters. The quantitative estimate of drug-likeness (QED) is 0.0455. The summed E-state index contributed by atoms with van der Waals surface area (Å²) in [7, 11) is 0. The normalized spacial score (nSPS) is 12.3. The van der Waals surface area contributed by atoms with Crippen LogP contribution in [-0.2, 0) is 19.1 Å². The second kappa shape index (κ2) is 43.5. The highest BCUT2D eigenvalue weighted by Crippen LogP contribution is 2.26. The van der Waals surface area contributed by atoms with Crippen LogP contribution >= 0.6 is 0 Å². The van der Waals surface area contributed by atoms with Gasteiger partial charge in [-0.2, -0.15) is 0 Å². The van der Waals surface area contributed by atoms with Gasteiger partial charge in [-0.25, -0.2) is 0 Å². The van der Waals surface area contributed by atoms with E-state index in [1.54, 1.807) is 0 Å². The number of unbranched alkanes of at least 4 members (excludes halogenated alkanes) is 26. The molecule has 0 N–H and O–H groups in total. The maximum Gasteiger partial charge on any atom is 0.306 e. The fourth-order valence-electron chi connectivity index (χ4n) is 8.49. The summed E-state index contributed by atoms with van der Waals surface area (Å²) in [6.07, 6.45) is 48.7. The molecule has 0 fully saturated rings. The third-order valence-electron chi connectivity index (χ3n) is 12.5. The minimum atomic E-state index is 0.0485. The zero-order valence-electron chi connectivity index (χ0n) is 39.2. The molecule has 0 rings (SSSR count). The van der Waals surface area contributed by atoms with Crippen LogP contribution < -0.4 is 0 Å². The van der Waals surface area contributed by atoms with E-state index in [4.69, 9.17) is 9.47 Å². The zero-order chi connectivity index (χ0) is 41.2. The highest BCUT2D eigenvalue weighted by atomic mass is 16.5. The molecule has 0 bridgehead atoms. The van der Waals surface area contributed by atoms with E-state index >= 15 is 0 Å². The standard InChI is InChI=1S/C52H102O4/c1-7-11-15-23-33-41-49(42-34-24-16-12-8-2)55-51(53)45-37-29-21-19-20-27-31-39-48(47(5)6)40-32-28-22-30-38-46-52(54)56-50(43-35-25-17-13-9-3)44-36-26-18-14-10-4/h47-50H,7-46H2,1-6H3. The van der Waals surface area contributed by atoms with Crippen molar-refractivity contribution in [2.75, 3.05) is 0 Å². The van der Waals surface area contributed by atoms with Crippen LogP contribution in [0.5, 0.6) is 0 Å². The minimum Gasteiger partial charge on any atom is -0.462 e. The Morgan fingerprint density at radius 3 is 0.821 bits per heavy atom. The molecule has 0 amide bonds. The molecule has 0 heterocycles. The number of ether oxygens (including phenoxy) is 2. The number of carbonyl (C=O) groups is 2. The van der Waals surface area contributed by atoms with Crippen LogP contribution in [0.15, 0.2) is 0 Å². The van der Waals surface area contributed by atoms with Crippen LogP contribution in [0.4, 0.5) is 0 Å². The van der Waals surface area contributed by atoms with Crippen molar-refractivity contribution in [3.8, 4) is 0 Å². The van der Waals surface area contributed by atoms with Crippen molar-refractivity contribution in [3.05, 3.63) is 0 Å². The summed E-state index contributed by atoms with van der Waals surface area (Å²) in [5, 5.41) is 0. The summed E-state index contributed by atoms with van der Waals surface area (Å²) < 4.78 is 12.0. The van der Waals surface area contributed by atoms with Gasteiger partial charge in [0.15, 0.2) is 0 Å². The Balaban J connectivity index is 4.08. The molecule has 0 aliphatic carbocycles.